The van der Waals surface area contributed by atoms with Crippen LogP contribution in [-0.4, -0.2) is 24.9 Å². The van der Waals surface area contributed by atoms with Gasteiger partial charge in [-0.15, -0.1) is 0 Å². The van der Waals surface area contributed by atoms with Crippen LogP contribution in [0.2, 0.25) is 0 Å². The monoisotopic (exact) mass is 297 g/mol. The van der Waals surface area contributed by atoms with Crippen molar-refractivity contribution < 1.29 is 22.9 Å². The van der Waals surface area contributed by atoms with Crippen LogP contribution < -0.4 is 4.72 Å². The van der Waals surface area contributed by atoms with Gasteiger partial charge < -0.3 is 9.90 Å². The van der Waals surface area contributed by atoms with Gasteiger partial charge in [-0.25, -0.2) is 0 Å². The Kier molecular flexibility index (Phi) is 8.40. The quantitative estimate of drug-likeness (QED) is 0.736. The largest absolute Gasteiger partial charge is 0.508 e. The number of hydrogen-bond donors (Lipinski definition) is 3. The number of para-hydroxylation sites is 2. The number of rotatable bonds is 2. The standard InChI is InChI=1S/C6H7NO3S.C6H6O.CH2O/c8-11(9,10)7-6-4-2-1-3-5-6;7-6-4-2-1-3-5-6;1-2/h1-5,7H,(H,8,9,10);1-5,7H;1H2. The minimum absolute atomic E-state index is 0.322. The topological polar surface area (TPSA) is 104 Å². The number of aromatic hydroxyl groups is 1. The van der Waals surface area contributed by atoms with E-state index in [4.69, 9.17) is 14.5 Å². The number of benzene rings is 2. The third kappa shape index (κ3) is 9.63. The van der Waals surface area contributed by atoms with Crippen LogP contribution in [0.25, 0.3) is 0 Å². The molecule has 0 atom stereocenters. The van der Waals surface area contributed by atoms with E-state index in [2.05, 4.69) is 0 Å². The Balaban J connectivity index is 0.000000345. The van der Waals surface area contributed by atoms with Crippen molar-refractivity contribution in [2.24, 2.45) is 0 Å². The number of carbonyl (C=O) groups is 1. The minimum Gasteiger partial charge on any atom is -0.508 e. The molecule has 0 aliphatic rings. The summed E-state index contributed by atoms with van der Waals surface area (Å²) in [5, 5.41) is 8.63. The lowest BCUT2D eigenvalue weighted by Crippen LogP contribution is -2.09. The molecule has 0 saturated heterocycles. The van der Waals surface area contributed by atoms with Gasteiger partial charge >= 0.3 is 10.3 Å². The van der Waals surface area contributed by atoms with Crippen molar-refractivity contribution in [2.45, 2.75) is 0 Å². The van der Waals surface area contributed by atoms with E-state index >= 15 is 0 Å². The Morgan fingerprint density at radius 2 is 1.25 bits per heavy atom. The molecule has 20 heavy (non-hydrogen) atoms. The second kappa shape index (κ2) is 9.54. The highest BCUT2D eigenvalue weighted by Crippen LogP contribution is 2.05. The smallest absolute Gasteiger partial charge is 0.357 e. The van der Waals surface area contributed by atoms with Crippen molar-refractivity contribution in [1.29, 1.82) is 0 Å². The Bertz CT molecular complexity index is 572. The number of carbonyl (C=O) groups excluding carboxylic acids is 1. The molecule has 108 valence electrons. The van der Waals surface area contributed by atoms with Gasteiger partial charge in [-0.05, 0) is 24.3 Å². The molecule has 0 aliphatic carbocycles. The summed E-state index contributed by atoms with van der Waals surface area (Å²) in [7, 11) is -4.13. The van der Waals surface area contributed by atoms with Crippen LogP contribution in [0.3, 0.4) is 0 Å². The maximum absolute atomic E-state index is 10.2. The van der Waals surface area contributed by atoms with Crippen molar-refractivity contribution in [2.75, 3.05) is 4.72 Å². The summed E-state index contributed by atoms with van der Waals surface area (Å²) in [6.45, 7) is 2.00. The summed E-state index contributed by atoms with van der Waals surface area (Å²) in [4.78, 5) is 8.00. The van der Waals surface area contributed by atoms with Gasteiger partial charge in [0.25, 0.3) is 0 Å². The molecular formula is C13H15NO5S. The molecule has 2 aromatic carbocycles. The molecule has 2 aromatic rings. The van der Waals surface area contributed by atoms with Crippen molar-refractivity contribution in [3.8, 4) is 5.75 Å². The molecule has 7 heteroatoms. The van der Waals surface area contributed by atoms with Gasteiger partial charge in [-0.1, -0.05) is 36.4 Å². The summed E-state index contributed by atoms with van der Waals surface area (Å²) >= 11 is 0. The summed E-state index contributed by atoms with van der Waals surface area (Å²) in [5.74, 6) is 0.322. The Morgan fingerprint density at radius 3 is 1.55 bits per heavy atom. The van der Waals surface area contributed by atoms with Crippen LogP contribution in [0.5, 0.6) is 5.75 Å². The van der Waals surface area contributed by atoms with E-state index < -0.39 is 10.3 Å². The van der Waals surface area contributed by atoms with E-state index in [0.29, 0.717) is 11.4 Å². The zero-order chi connectivity index (χ0) is 15.4. The summed E-state index contributed by atoms with van der Waals surface area (Å²) in [5.41, 5.74) is 0.343. The van der Waals surface area contributed by atoms with Crippen LogP contribution in [0.15, 0.2) is 60.7 Å². The number of anilines is 1. The minimum atomic E-state index is -4.13. The number of phenolic OH excluding ortho intramolecular Hbond substituents is 1. The molecule has 0 fully saturated rings. The lowest BCUT2D eigenvalue weighted by Gasteiger charge is -1.99. The maximum atomic E-state index is 10.2. The normalized spacial score (nSPS) is 9.25. The molecule has 0 aliphatic heterocycles. The van der Waals surface area contributed by atoms with Crippen molar-refractivity contribution in [1.82, 2.24) is 0 Å². The molecule has 0 unspecified atom stereocenters. The van der Waals surface area contributed by atoms with Gasteiger partial charge in [0.15, 0.2) is 0 Å². The van der Waals surface area contributed by atoms with Crippen molar-refractivity contribution in [3.63, 3.8) is 0 Å². The van der Waals surface area contributed by atoms with Crippen LogP contribution in [0.1, 0.15) is 0 Å². The first-order valence-corrected chi connectivity index (χ1v) is 6.74. The van der Waals surface area contributed by atoms with E-state index in [9.17, 15) is 8.42 Å². The predicted molar refractivity (Wildman–Crippen MR) is 76.8 cm³/mol. The number of phenols is 1. The first-order chi connectivity index (χ1) is 9.47. The maximum Gasteiger partial charge on any atom is 0.357 e. The van der Waals surface area contributed by atoms with Gasteiger partial charge in [0.05, 0.1) is 5.69 Å². The fourth-order valence-electron chi connectivity index (χ4n) is 1.08. The second-order valence-electron chi connectivity index (χ2n) is 3.28. The number of hydrogen-bond acceptors (Lipinski definition) is 4. The SMILES string of the molecule is C=O.O=S(=O)(O)Nc1ccccc1.Oc1ccccc1. The lowest BCUT2D eigenvalue weighted by molar-refractivity contribution is -0.0979. The highest BCUT2D eigenvalue weighted by molar-refractivity contribution is 7.87. The van der Waals surface area contributed by atoms with Gasteiger partial charge in [0.1, 0.15) is 12.5 Å². The lowest BCUT2D eigenvalue weighted by atomic mass is 10.3. The molecule has 0 saturated carbocycles. The van der Waals surface area contributed by atoms with Gasteiger partial charge in [0.2, 0.25) is 0 Å². The zero-order valence-electron chi connectivity index (χ0n) is 10.5. The highest BCUT2D eigenvalue weighted by atomic mass is 32.2. The third-order valence-electron chi connectivity index (χ3n) is 1.78. The summed E-state index contributed by atoms with van der Waals surface area (Å²) < 4.78 is 30.7. The predicted octanol–water partition coefficient (Wildman–Crippen LogP) is 2.11. The highest BCUT2D eigenvalue weighted by Gasteiger charge is 2.00. The first kappa shape index (κ1) is 17.6. The van der Waals surface area contributed by atoms with E-state index in [1.807, 2.05) is 17.6 Å². The van der Waals surface area contributed by atoms with E-state index in [-0.39, 0.29) is 0 Å². The van der Waals surface area contributed by atoms with E-state index in [1.54, 1.807) is 42.5 Å². The van der Waals surface area contributed by atoms with Gasteiger partial charge in [-0.3, -0.25) is 9.27 Å². The molecule has 0 amide bonds. The summed E-state index contributed by atoms with van der Waals surface area (Å²) in [6, 6.07) is 16.8. The zero-order valence-corrected chi connectivity index (χ0v) is 11.3. The van der Waals surface area contributed by atoms with Gasteiger partial charge in [-0.2, -0.15) is 8.42 Å². The Labute approximate surface area is 117 Å². The molecule has 3 N–H and O–H groups in total. The van der Waals surface area contributed by atoms with Gasteiger partial charge in [0, 0.05) is 0 Å². The second-order valence-corrected chi connectivity index (χ2v) is 4.43. The van der Waals surface area contributed by atoms with E-state index in [0.717, 1.165) is 0 Å². The molecule has 0 bridgehead atoms. The molecular weight excluding hydrogens is 282 g/mol. The molecule has 0 heterocycles. The van der Waals surface area contributed by atoms with Crippen LogP contribution >= 0.6 is 0 Å². The third-order valence-corrected chi connectivity index (χ3v) is 2.27. The van der Waals surface area contributed by atoms with Crippen molar-refractivity contribution in [3.05, 3.63) is 60.7 Å². The number of nitrogens with one attached hydrogen (secondary N) is 1. The summed E-state index contributed by atoms with van der Waals surface area (Å²) in [6.07, 6.45) is 0. The molecule has 0 radical (unpaired) electrons. The van der Waals surface area contributed by atoms with E-state index in [1.165, 1.54) is 12.1 Å². The van der Waals surface area contributed by atoms with Crippen LogP contribution in [0.4, 0.5) is 5.69 Å². The molecule has 6 nitrogen and oxygen atoms in total. The fraction of sp³-hybridized carbons (Fsp3) is 0. The average Bonchev–Trinajstić information content (AvgIpc) is 2.42. The van der Waals surface area contributed by atoms with Crippen LogP contribution in [0, 0.1) is 0 Å². The Morgan fingerprint density at radius 1 is 0.850 bits per heavy atom. The first-order valence-electron chi connectivity index (χ1n) is 5.30. The van der Waals surface area contributed by atoms with Crippen LogP contribution in [-0.2, 0) is 15.1 Å². The molecule has 2 rings (SSSR count). The van der Waals surface area contributed by atoms with Crippen molar-refractivity contribution >= 4 is 22.8 Å². The molecule has 0 spiro atoms. The fourth-order valence-corrected chi connectivity index (χ4v) is 1.52. The molecule has 0 aromatic heterocycles. The average molecular weight is 297 g/mol. The Hall–Kier alpha value is -2.38.